The lowest BCUT2D eigenvalue weighted by atomic mass is 9.91. The Morgan fingerprint density at radius 3 is 1.91 bits per heavy atom. The summed E-state index contributed by atoms with van der Waals surface area (Å²) in [4.78, 5) is 55.0. The van der Waals surface area contributed by atoms with Gasteiger partial charge in [-0.25, -0.2) is 9.48 Å². The van der Waals surface area contributed by atoms with E-state index in [1.54, 1.807) is 27.9 Å². The molecule has 0 saturated heterocycles. The van der Waals surface area contributed by atoms with E-state index in [1.165, 1.54) is 0 Å². The highest BCUT2D eigenvalue weighted by molar-refractivity contribution is 6.02. The van der Waals surface area contributed by atoms with Crippen LogP contribution in [0.3, 0.4) is 0 Å². The highest BCUT2D eigenvalue weighted by atomic mass is 16.6. The van der Waals surface area contributed by atoms with Crippen molar-refractivity contribution < 1.29 is 23.9 Å². The zero-order valence-electron chi connectivity index (χ0n) is 31.9. The molecule has 5 aromatic rings. The second-order valence-electron chi connectivity index (χ2n) is 14.3. The van der Waals surface area contributed by atoms with Crippen LogP contribution in [0, 0.1) is 0 Å². The number of nitrogens with one attached hydrogen (secondary N) is 3. The van der Waals surface area contributed by atoms with Crippen LogP contribution in [0.5, 0.6) is 0 Å². The van der Waals surface area contributed by atoms with Crippen molar-refractivity contribution in [2.45, 2.75) is 84.2 Å². The van der Waals surface area contributed by atoms with Gasteiger partial charge in [-0.1, -0.05) is 67.6 Å². The molecule has 7 rings (SSSR count). The third-order valence-corrected chi connectivity index (χ3v) is 10.3. The molecule has 288 valence electrons. The molecule has 13 nitrogen and oxygen atoms in total. The number of nitrogens with zero attached hydrogens (tertiary/aromatic N) is 5. The number of fused-ring (bicyclic) bond motifs is 2. The Bertz CT molecular complexity index is 2220. The monoisotopic (exact) mass is 754 g/mol. The number of rotatable bonds is 10. The highest BCUT2D eigenvalue weighted by Gasteiger charge is 2.35. The van der Waals surface area contributed by atoms with Crippen molar-refractivity contribution >= 4 is 52.3 Å². The third kappa shape index (κ3) is 8.12. The van der Waals surface area contributed by atoms with E-state index >= 15 is 0 Å². The second-order valence-corrected chi connectivity index (χ2v) is 14.3. The maximum atomic E-state index is 13.1. The van der Waals surface area contributed by atoms with E-state index in [2.05, 4.69) is 39.3 Å². The first-order valence-corrected chi connectivity index (χ1v) is 19.1. The molecule has 3 heterocycles. The van der Waals surface area contributed by atoms with Crippen molar-refractivity contribution in [3.63, 3.8) is 0 Å². The SMILES string of the molecule is CCC(=O)N1c2ccccc2[C@H](Nc2ccc(NC(=O)c3cn(Cc4ccc(NC(=O)O[C@@H]5C[C@H](C)N(C(=O)CC)c6ccccc65)cc4)nn3)cc2)C[C@@H]1C. The van der Waals surface area contributed by atoms with Crippen LogP contribution in [0.2, 0.25) is 0 Å². The van der Waals surface area contributed by atoms with Gasteiger partial charge < -0.3 is 25.2 Å². The molecule has 3 N–H and O–H groups in total. The number of carbonyl (C=O) groups excluding carboxylic acids is 4. The topological polar surface area (TPSA) is 151 Å². The minimum atomic E-state index is -0.583. The Hall–Kier alpha value is -6.50. The lowest BCUT2D eigenvalue weighted by Gasteiger charge is -2.40. The number of amides is 4. The average Bonchev–Trinajstić information content (AvgIpc) is 3.67. The normalized spacial score (nSPS) is 18.6. The van der Waals surface area contributed by atoms with Gasteiger partial charge in [0.1, 0.15) is 6.10 Å². The summed E-state index contributed by atoms with van der Waals surface area (Å²) < 4.78 is 7.42. The zero-order chi connectivity index (χ0) is 39.3. The molecule has 0 radical (unpaired) electrons. The van der Waals surface area contributed by atoms with Gasteiger partial charge in [0.05, 0.1) is 24.5 Å². The number of hydrogen-bond donors (Lipinski definition) is 3. The number of anilines is 5. The zero-order valence-corrected chi connectivity index (χ0v) is 31.9. The lowest BCUT2D eigenvalue weighted by molar-refractivity contribution is -0.119. The smallest absolute Gasteiger partial charge is 0.412 e. The number of hydrogen-bond acceptors (Lipinski definition) is 8. The molecule has 4 amide bonds. The fourth-order valence-corrected chi connectivity index (χ4v) is 7.60. The Labute approximate surface area is 326 Å². The van der Waals surface area contributed by atoms with Crippen molar-refractivity contribution in [1.29, 1.82) is 0 Å². The van der Waals surface area contributed by atoms with Crippen molar-refractivity contribution in [2.75, 3.05) is 25.8 Å². The van der Waals surface area contributed by atoms with Gasteiger partial charge >= 0.3 is 6.09 Å². The maximum Gasteiger partial charge on any atom is 0.412 e. The van der Waals surface area contributed by atoms with Gasteiger partial charge in [0.2, 0.25) is 11.8 Å². The quantitative estimate of drug-likeness (QED) is 0.130. The molecule has 0 saturated carbocycles. The second kappa shape index (κ2) is 16.5. The third-order valence-electron chi connectivity index (χ3n) is 10.3. The van der Waals surface area contributed by atoms with Crippen LogP contribution in [0.1, 0.15) is 92.7 Å². The molecule has 2 aliphatic rings. The minimum absolute atomic E-state index is 0.0304. The largest absolute Gasteiger partial charge is 0.441 e. The van der Waals surface area contributed by atoms with Gasteiger partial charge in [0, 0.05) is 59.7 Å². The van der Waals surface area contributed by atoms with Crippen molar-refractivity contribution in [1.82, 2.24) is 15.0 Å². The van der Waals surface area contributed by atoms with E-state index in [0.29, 0.717) is 37.2 Å². The fraction of sp³-hybridized carbons (Fsp3) is 0.302. The molecule has 4 aromatic carbocycles. The van der Waals surface area contributed by atoms with Gasteiger partial charge in [-0.05, 0) is 79.9 Å². The predicted octanol–water partition coefficient (Wildman–Crippen LogP) is 8.09. The molecule has 56 heavy (non-hydrogen) atoms. The van der Waals surface area contributed by atoms with Gasteiger partial charge in [-0.2, -0.15) is 0 Å². The fourth-order valence-electron chi connectivity index (χ4n) is 7.60. The van der Waals surface area contributed by atoms with Crippen LogP contribution in [0.25, 0.3) is 0 Å². The molecule has 1 aromatic heterocycles. The lowest BCUT2D eigenvalue weighted by Crippen LogP contribution is -2.44. The first-order valence-electron chi connectivity index (χ1n) is 19.1. The Balaban J connectivity index is 0.910. The van der Waals surface area contributed by atoms with Crippen LogP contribution in [-0.2, 0) is 20.9 Å². The molecular formula is C43H46N8O5. The highest BCUT2D eigenvalue weighted by Crippen LogP contribution is 2.41. The van der Waals surface area contributed by atoms with E-state index in [4.69, 9.17) is 4.74 Å². The molecule has 13 heteroatoms. The Morgan fingerprint density at radius 1 is 0.696 bits per heavy atom. The Morgan fingerprint density at radius 2 is 1.25 bits per heavy atom. The summed E-state index contributed by atoms with van der Waals surface area (Å²) in [5, 5.41) is 17.5. The molecule has 0 bridgehead atoms. The summed E-state index contributed by atoms with van der Waals surface area (Å²) in [6.45, 7) is 8.13. The van der Waals surface area contributed by atoms with Crippen molar-refractivity contribution in [3.8, 4) is 0 Å². The summed E-state index contributed by atoms with van der Waals surface area (Å²) in [6, 6.07) is 30.3. The van der Waals surface area contributed by atoms with Crippen LogP contribution in [0.4, 0.5) is 33.2 Å². The number of aromatic nitrogens is 3. The number of carbonyl (C=O) groups is 4. The van der Waals surface area contributed by atoms with Crippen LogP contribution < -0.4 is 25.8 Å². The van der Waals surface area contributed by atoms with E-state index in [9.17, 15) is 19.2 Å². The number of benzene rings is 4. The van der Waals surface area contributed by atoms with E-state index in [0.717, 1.165) is 40.2 Å². The van der Waals surface area contributed by atoms with Crippen molar-refractivity contribution in [2.24, 2.45) is 0 Å². The molecule has 0 spiro atoms. The average molecular weight is 755 g/mol. The molecule has 2 aliphatic heterocycles. The number of ether oxygens (including phenoxy) is 1. The van der Waals surface area contributed by atoms with Gasteiger partial charge in [-0.3, -0.25) is 19.7 Å². The van der Waals surface area contributed by atoms with E-state index in [1.807, 2.05) is 105 Å². The van der Waals surface area contributed by atoms with Gasteiger partial charge in [-0.15, -0.1) is 5.10 Å². The van der Waals surface area contributed by atoms with Crippen LogP contribution in [0.15, 0.2) is 103 Å². The molecular weight excluding hydrogens is 709 g/mol. The predicted molar refractivity (Wildman–Crippen MR) is 216 cm³/mol. The maximum absolute atomic E-state index is 13.1. The molecule has 0 aliphatic carbocycles. The first kappa shape index (κ1) is 37.8. The van der Waals surface area contributed by atoms with Crippen LogP contribution in [-0.4, -0.2) is 50.9 Å². The van der Waals surface area contributed by atoms with Crippen LogP contribution >= 0.6 is 0 Å². The first-order chi connectivity index (χ1) is 27.1. The van der Waals surface area contributed by atoms with E-state index < -0.39 is 12.2 Å². The Kier molecular flexibility index (Phi) is 11.1. The van der Waals surface area contributed by atoms with E-state index in [-0.39, 0.29) is 41.5 Å². The molecule has 0 unspecified atom stereocenters. The number of para-hydroxylation sites is 2. The summed E-state index contributed by atoms with van der Waals surface area (Å²) >= 11 is 0. The minimum Gasteiger partial charge on any atom is -0.441 e. The summed E-state index contributed by atoms with van der Waals surface area (Å²) in [6.07, 6.45) is 2.63. The van der Waals surface area contributed by atoms with Crippen molar-refractivity contribution in [3.05, 3.63) is 126 Å². The summed E-state index contributed by atoms with van der Waals surface area (Å²) in [7, 11) is 0. The van der Waals surface area contributed by atoms with Gasteiger partial charge in [0.25, 0.3) is 5.91 Å². The molecule has 0 fully saturated rings. The van der Waals surface area contributed by atoms with Gasteiger partial charge in [0.15, 0.2) is 5.69 Å². The molecule has 4 atom stereocenters. The standard InChI is InChI=1S/C43H46N8O5/c1-5-40(52)50-27(3)23-35(33-11-7-9-13-37(33)50)44-30-19-21-31(22-20-30)45-42(54)36-26-49(48-47-36)25-29-15-17-32(18-16-29)46-43(55)56-39-24-28(4)51(41(53)6-2)38-14-10-8-12-34(38)39/h7-22,26-28,35,39,44H,5-6,23-25H2,1-4H3,(H,45,54)(H,46,55)/t27-,28-,35+,39+/m0/s1. The summed E-state index contributed by atoms with van der Waals surface area (Å²) in [5.74, 6) is -0.236. The summed E-state index contributed by atoms with van der Waals surface area (Å²) in [5.41, 5.74) is 6.74.